The van der Waals surface area contributed by atoms with Gasteiger partial charge in [0, 0.05) is 37.4 Å². The molecule has 0 saturated carbocycles. The summed E-state index contributed by atoms with van der Waals surface area (Å²) in [5, 5.41) is 11.9. The Morgan fingerprint density at radius 2 is 1.95 bits per heavy atom. The lowest BCUT2D eigenvalue weighted by Crippen LogP contribution is -2.39. The van der Waals surface area contributed by atoms with E-state index in [2.05, 4.69) is 15.3 Å². The number of piperidine rings is 1. The zero-order valence-electron chi connectivity index (χ0n) is 19.9. The Labute approximate surface area is 215 Å². The summed E-state index contributed by atoms with van der Waals surface area (Å²) >= 11 is 5.70. The fourth-order valence-electron chi connectivity index (χ4n) is 4.07. The molecule has 0 radical (unpaired) electrons. The Kier molecular flexibility index (Phi) is 7.72. The third-order valence-corrected chi connectivity index (χ3v) is 6.45. The number of rotatable bonds is 8. The van der Waals surface area contributed by atoms with Crippen molar-refractivity contribution in [1.29, 1.82) is 0 Å². The van der Waals surface area contributed by atoms with Gasteiger partial charge in [0.25, 0.3) is 0 Å². The van der Waals surface area contributed by atoms with Crippen molar-refractivity contribution in [2.24, 2.45) is 0 Å². The number of ether oxygens (including phenoxy) is 2. The van der Waals surface area contributed by atoms with Crippen molar-refractivity contribution in [3.63, 3.8) is 0 Å². The van der Waals surface area contributed by atoms with Crippen LogP contribution < -0.4 is 14.8 Å². The van der Waals surface area contributed by atoms with E-state index in [9.17, 15) is 23.5 Å². The Balaban J connectivity index is 1.59. The van der Waals surface area contributed by atoms with Crippen LogP contribution in [-0.2, 0) is 9.59 Å². The second-order valence-electron chi connectivity index (χ2n) is 8.33. The van der Waals surface area contributed by atoms with Gasteiger partial charge in [-0.05, 0) is 25.1 Å². The number of nitrogens with one attached hydrogen (secondary N) is 1. The van der Waals surface area contributed by atoms with Crippen LogP contribution >= 0.6 is 11.6 Å². The number of nitrogens with zero attached hydrogens (tertiary/aromatic N) is 3. The van der Waals surface area contributed by atoms with Gasteiger partial charge >= 0.3 is 5.97 Å². The van der Waals surface area contributed by atoms with Crippen LogP contribution in [0.25, 0.3) is 10.9 Å². The maximum atomic E-state index is 14.5. The quantitative estimate of drug-likeness (QED) is 0.242. The predicted molar refractivity (Wildman–Crippen MR) is 132 cm³/mol. The molecule has 3 aromatic rings. The topological polar surface area (TPSA) is 114 Å². The van der Waals surface area contributed by atoms with Gasteiger partial charge < -0.3 is 24.8 Å². The standard InChI is InChI=1S/C25H23ClF2N4O5/c1-13(25(34)35)19(11-33)32-7-5-14(6-8-32)37-21-9-15-18(10-20(21)36-2)29-12-30-24(15)31-17-4-3-16(27)22(26)23(17)28/h3-4,9-12,14H,5-8H2,1-2H3,(H,34,35)(H,29,30,31)/b19-13-. The van der Waals surface area contributed by atoms with Crippen molar-refractivity contribution < 1.29 is 33.0 Å². The average molecular weight is 533 g/mol. The molecule has 0 aliphatic carbocycles. The molecule has 9 nitrogen and oxygen atoms in total. The summed E-state index contributed by atoms with van der Waals surface area (Å²) in [7, 11) is 1.49. The van der Waals surface area contributed by atoms with Gasteiger partial charge in [-0.25, -0.2) is 23.5 Å². The van der Waals surface area contributed by atoms with Crippen LogP contribution in [0.5, 0.6) is 11.5 Å². The van der Waals surface area contributed by atoms with Crippen molar-refractivity contribution in [1.82, 2.24) is 14.9 Å². The monoisotopic (exact) mass is 532 g/mol. The number of halogens is 3. The highest BCUT2D eigenvalue weighted by Crippen LogP contribution is 2.37. The molecule has 37 heavy (non-hydrogen) atoms. The molecular formula is C25H23ClF2N4O5. The highest BCUT2D eigenvalue weighted by atomic mass is 35.5. The molecule has 2 N–H and O–H groups in total. The maximum Gasteiger partial charge on any atom is 0.333 e. The van der Waals surface area contributed by atoms with Crippen LogP contribution in [0.3, 0.4) is 0 Å². The Bertz CT molecular complexity index is 1390. The number of aromatic nitrogens is 2. The third kappa shape index (κ3) is 5.41. The van der Waals surface area contributed by atoms with E-state index in [0.29, 0.717) is 54.6 Å². The number of carbonyl (C=O) groups excluding carboxylic acids is 1. The molecule has 1 aliphatic rings. The first-order valence-electron chi connectivity index (χ1n) is 11.3. The summed E-state index contributed by atoms with van der Waals surface area (Å²) in [5.41, 5.74) is 0.572. The minimum atomic E-state index is -1.14. The Morgan fingerprint density at radius 1 is 1.22 bits per heavy atom. The normalized spacial score (nSPS) is 14.8. The number of hydrogen-bond acceptors (Lipinski definition) is 8. The highest BCUT2D eigenvalue weighted by molar-refractivity contribution is 6.31. The molecule has 0 amide bonds. The summed E-state index contributed by atoms with van der Waals surface area (Å²) in [6.07, 6.45) is 2.67. The zero-order chi connectivity index (χ0) is 26.7. The molecule has 12 heteroatoms. The molecule has 0 spiro atoms. The molecule has 1 saturated heterocycles. The van der Waals surface area contributed by atoms with Crippen LogP contribution in [0.1, 0.15) is 19.8 Å². The summed E-state index contributed by atoms with van der Waals surface area (Å²) in [6.45, 7) is 2.26. The van der Waals surface area contributed by atoms with Crippen molar-refractivity contribution in [3.8, 4) is 11.5 Å². The molecule has 2 heterocycles. The van der Waals surface area contributed by atoms with Crippen molar-refractivity contribution in [3.05, 3.63) is 58.5 Å². The van der Waals surface area contributed by atoms with E-state index in [0.717, 1.165) is 6.07 Å². The molecule has 194 valence electrons. The van der Waals surface area contributed by atoms with E-state index in [1.807, 2.05) is 0 Å². The van der Waals surface area contributed by atoms with Crippen LogP contribution in [0, 0.1) is 11.6 Å². The van der Waals surface area contributed by atoms with Crippen LogP contribution in [-0.4, -0.2) is 58.5 Å². The van der Waals surface area contributed by atoms with Crippen molar-refractivity contribution in [2.45, 2.75) is 25.9 Å². The fraction of sp³-hybridized carbons (Fsp3) is 0.280. The van der Waals surface area contributed by atoms with E-state index in [4.69, 9.17) is 21.1 Å². The number of benzene rings is 2. The molecule has 0 bridgehead atoms. The van der Waals surface area contributed by atoms with Crippen LogP contribution in [0.4, 0.5) is 20.3 Å². The number of anilines is 2. The lowest BCUT2D eigenvalue weighted by atomic mass is 10.1. The molecule has 1 aromatic heterocycles. The number of fused-ring (bicyclic) bond motifs is 1. The SMILES string of the molecule is COc1cc2ncnc(Nc3ccc(F)c(Cl)c3F)c2cc1OC1CCN(/C(C=O)=C(/C)C(=O)O)CC1. The van der Waals surface area contributed by atoms with E-state index in [-0.39, 0.29) is 28.9 Å². The number of methoxy groups -OCH3 is 1. The van der Waals surface area contributed by atoms with Gasteiger partial charge in [-0.2, -0.15) is 0 Å². The van der Waals surface area contributed by atoms with Crippen molar-refractivity contribution in [2.75, 3.05) is 25.5 Å². The number of carbonyl (C=O) groups is 2. The largest absolute Gasteiger partial charge is 0.493 e. The second kappa shape index (κ2) is 11.0. The number of likely N-dealkylation sites (tertiary alicyclic amines) is 1. The summed E-state index contributed by atoms with van der Waals surface area (Å²) < 4.78 is 39.7. The highest BCUT2D eigenvalue weighted by Gasteiger charge is 2.25. The zero-order valence-corrected chi connectivity index (χ0v) is 20.7. The molecule has 4 rings (SSSR count). The van der Waals surface area contributed by atoms with Crippen LogP contribution in [0.15, 0.2) is 41.9 Å². The van der Waals surface area contributed by atoms with E-state index >= 15 is 0 Å². The van der Waals surface area contributed by atoms with Gasteiger partial charge in [-0.3, -0.25) is 4.79 Å². The van der Waals surface area contributed by atoms with Gasteiger partial charge in [0.1, 0.15) is 29.1 Å². The summed E-state index contributed by atoms with van der Waals surface area (Å²) in [5.74, 6) is -1.90. The van der Waals surface area contributed by atoms with Crippen molar-refractivity contribution >= 4 is 46.3 Å². The maximum absolute atomic E-state index is 14.5. The lowest BCUT2D eigenvalue weighted by molar-refractivity contribution is -0.133. The molecule has 0 atom stereocenters. The number of allylic oxidation sites excluding steroid dienone is 1. The number of aldehydes is 1. The first-order valence-corrected chi connectivity index (χ1v) is 11.7. The van der Waals surface area contributed by atoms with Gasteiger partial charge in [0.2, 0.25) is 0 Å². The Hall–Kier alpha value is -3.99. The summed E-state index contributed by atoms with van der Waals surface area (Å²) in [6, 6.07) is 5.58. The van der Waals surface area contributed by atoms with E-state index < -0.39 is 22.6 Å². The van der Waals surface area contributed by atoms with Gasteiger partial charge in [-0.1, -0.05) is 11.6 Å². The fourth-order valence-corrected chi connectivity index (χ4v) is 4.23. The molecule has 1 aliphatic heterocycles. The second-order valence-corrected chi connectivity index (χ2v) is 8.71. The number of carboxylic acid groups (broad SMARTS) is 1. The molecule has 2 aromatic carbocycles. The third-order valence-electron chi connectivity index (χ3n) is 6.10. The number of aliphatic carboxylic acids is 1. The summed E-state index contributed by atoms with van der Waals surface area (Å²) in [4.78, 5) is 32.9. The minimum absolute atomic E-state index is 0.00975. The van der Waals surface area contributed by atoms with E-state index in [1.54, 1.807) is 17.0 Å². The molecule has 1 fully saturated rings. The van der Waals surface area contributed by atoms with E-state index in [1.165, 1.54) is 26.4 Å². The van der Waals surface area contributed by atoms with Crippen LogP contribution in [0.2, 0.25) is 5.02 Å². The Morgan fingerprint density at radius 3 is 2.59 bits per heavy atom. The number of carboxylic acids is 1. The number of hydrogen-bond donors (Lipinski definition) is 2. The van der Waals surface area contributed by atoms with Gasteiger partial charge in [0.05, 0.1) is 29.6 Å². The van der Waals surface area contributed by atoms with Gasteiger partial charge in [-0.15, -0.1) is 0 Å². The molecule has 0 unspecified atom stereocenters. The smallest absolute Gasteiger partial charge is 0.333 e. The lowest BCUT2D eigenvalue weighted by Gasteiger charge is -2.34. The first kappa shape index (κ1) is 26.1. The predicted octanol–water partition coefficient (Wildman–Crippen LogP) is 4.71. The first-order chi connectivity index (χ1) is 17.7. The average Bonchev–Trinajstić information content (AvgIpc) is 2.90. The van der Waals surface area contributed by atoms with Gasteiger partial charge in [0.15, 0.2) is 23.6 Å². The minimum Gasteiger partial charge on any atom is -0.493 e. The molecular weight excluding hydrogens is 510 g/mol.